The van der Waals surface area contributed by atoms with Crippen LogP contribution in [0, 0.1) is 0 Å². The maximum Gasteiger partial charge on any atom is 0.508 e. The molecule has 1 heterocycles. The average molecular weight is 345 g/mol. The number of carbonyl (C=O) groups excluding carboxylic acids is 2. The molecule has 0 fully saturated rings. The van der Waals surface area contributed by atoms with Gasteiger partial charge in [0.2, 0.25) is 3.79 Å². The van der Waals surface area contributed by atoms with E-state index in [0.717, 1.165) is 0 Å². The van der Waals surface area contributed by atoms with Crippen LogP contribution < -0.4 is 0 Å². The molecule has 0 atom stereocenters. The Kier molecular flexibility index (Phi) is 6.06. The van der Waals surface area contributed by atoms with Crippen LogP contribution in [0.3, 0.4) is 0 Å². The Hall–Kier alpha value is -0.820. The molecule has 0 aliphatic heterocycles. The number of hydrogen-bond acceptors (Lipinski definition) is 6. The predicted molar refractivity (Wildman–Crippen MR) is 73.6 cm³/mol. The number of aldehydes is 1. The highest BCUT2D eigenvalue weighted by Gasteiger charge is 2.22. The van der Waals surface area contributed by atoms with Crippen molar-refractivity contribution in [3.8, 4) is 0 Å². The van der Waals surface area contributed by atoms with Crippen LogP contribution in [0.5, 0.6) is 0 Å². The molecule has 0 radical (unpaired) electrons. The number of aromatic nitrogens is 1. The lowest BCUT2D eigenvalue weighted by molar-refractivity contribution is -0.103. The molecule has 1 rings (SSSR count). The van der Waals surface area contributed by atoms with Gasteiger partial charge in [0.1, 0.15) is 18.2 Å². The highest BCUT2D eigenvalue weighted by molar-refractivity contribution is 7.09. The number of allylic oxidation sites excluding steroid dienone is 1. The van der Waals surface area contributed by atoms with Crippen molar-refractivity contribution in [3.63, 3.8) is 0 Å². The van der Waals surface area contributed by atoms with E-state index in [-0.39, 0.29) is 12.2 Å². The van der Waals surface area contributed by atoms with Gasteiger partial charge in [0.25, 0.3) is 0 Å². The summed E-state index contributed by atoms with van der Waals surface area (Å²) in [5.41, 5.74) is 0.689. The summed E-state index contributed by atoms with van der Waals surface area (Å²) >= 11 is 17.4. The zero-order valence-corrected chi connectivity index (χ0v) is 12.5. The fourth-order valence-electron chi connectivity index (χ4n) is 0.888. The lowest BCUT2D eigenvalue weighted by atomic mass is 10.3. The van der Waals surface area contributed by atoms with Gasteiger partial charge >= 0.3 is 6.16 Å². The predicted octanol–water partition coefficient (Wildman–Crippen LogP) is 3.38. The van der Waals surface area contributed by atoms with Crippen molar-refractivity contribution < 1.29 is 19.1 Å². The molecule has 0 saturated carbocycles. The maximum absolute atomic E-state index is 11.1. The summed E-state index contributed by atoms with van der Waals surface area (Å²) in [6.07, 6.45) is -0.383. The lowest BCUT2D eigenvalue weighted by Gasteiger charge is -2.10. The maximum atomic E-state index is 11.1. The molecular weight excluding hydrogens is 337 g/mol. The van der Waals surface area contributed by atoms with E-state index in [2.05, 4.69) is 16.3 Å². The molecular formula is C10H8Cl3NO4S. The third-order valence-corrected chi connectivity index (χ3v) is 2.84. The van der Waals surface area contributed by atoms with Gasteiger partial charge in [0, 0.05) is 11.0 Å². The van der Waals surface area contributed by atoms with E-state index in [1.807, 2.05) is 0 Å². The van der Waals surface area contributed by atoms with Gasteiger partial charge in [-0.15, -0.1) is 11.3 Å². The second-order valence-corrected chi connectivity index (χ2v) is 6.67. The Morgan fingerprint density at radius 2 is 2.16 bits per heavy atom. The molecule has 1 aromatic heterocycles. The molecule has 0 saturated heterocycles. The Balaban J connectivity index is 2.40. The topological polar surface area (TPSA) is 65.5 Å². The van der Waals surface area contributed by atoms with Gasteiger partial charge < -0.3 is 9.47 Å². The summed E-state index contributed by atoms with van der Waals surface area (Å²) in [4.78, 5) is 25.7. The molecule has 5 nitrogen and oxygen atoms in total. The van der Waals surface area contributed by atoms with Gasteiger partial charge in [0.15, 0.2) is 6.29 Å². The van der Waals surface area contributed by atoms with E-state index >= 15 is 0 Å². The fourth-order valence-corrected chi connectivity index (χ4v) is 1.78. The van der Waals surface area contributed by atoms with Crippen LogP contribution in [0.15, 0.2) is 12.0 Å². The first-order valence-electron chi connectivity index (χ1n) is 4.77. The zero-order chi connectivity index (χ0) is 14.5. The summed E-state index contributed by atoms with van der Waals surface area (Å²) in [6, 6.07) is 0. The van der Waals surface area contributed by atoms with Gasteiger partial charge in [-0.1, -0.05) is 41.4 Å². The monoisotopic (exact) mass is 343 g/mol. The Morgan fingerprint density at radius 1 is 1.47 bits per heavy atom. The largest absolute Gasteiger partial charge is 0.508 e. The first-order chi connectivity index (χ1) is 8.81. The molecule has 19 heavy (non-hydrogen) atoms. The third-order valence-electron chi connectivity index (χ3n) is 1.69. The Morgan fingerprint density at radius 3 is 2.74 bits per heavy atom. The van der Waals surface area contributed by atoms with Crippen molar-refractivity contribution in [2.75, 3.05) is 6.61 Å². The number of nitrogens with zero attached hydrogens (tertiary/aromatic N) is 1. The molecule has 0 N–H and O–H groups in total. The van der Waals surface area contributed by atoms with Crippen LogP contribution in [0.4, 0.5) is 4.79 Å². The number of rotatable bonds is 5. The number of halogens is 3. The highest BCUT2D eigenvalue weighted by Crippen LogP contribution is 2.26. The minimum absolute atomic E-state index is 0.102. The first kappa shape index (κ1) is 16.2. The lowest BCUT2D eigenvalue weighted by Crippen LogP contribution is -2.17. The summed E-state index contributed by atoms with van der Waals surface area (Å²) < 4.78 is 7.61. The fraction of sp³-hybridized carbons (Fsp3) is 0.300. The van der Waals surface area contributed by atoms with Gasteiger partial charge in [-0.05, 0) is 0 Å². The van der Waals surface area contributed by atoms with Crippen LogP contribution in [0.25, 0.3) is 5.57 Å². The number of alkyl halides is 3. The normalized spacial score (nSPS) is 10.9. The van der Waals surface area contributed by atoms with Crippen LogP contribution in [-0.4, -0.2) is 27.8 Å². The van der Waals surface area contributed by atoms with Crippen molar-refractivity contribution in [3.05, 3.63) is 22.7 Å². The van der Waals surface area contributed by atoms with E-state index in [1.54, 1.807) is 5.38 Å². The van der Waals surface area contributed by atoms with Crippen LogP contribution in [-0.2, 0) is 20.9 Å². The van der Waals surface area contributed by atoms with E-state index in [4.69, 9.17) is 39.5 Å². The molecule has 0 aliphatic rings. The summed E-state index contributed by atoms with van der Waals surface area (Å²) in [6.45, 7) is 2.99. The minimum Gasteiger partial charge on any atom is -0.430 e. The van der Waals surface area contributed by atoms with Gasteiger partial charge in [-0.2, -0.15) is 0 Å². The van der Waals surface area contributed by atoms with Crippen LogP contribution in [0.1, 0.15) is 10.7 Å². The standard InChI is InChI=1S/C10H8Cl3NO4S/c1-6(2-15)7-4-19-8(14-7)3-17-9(16)18-5-10(11,12)13/h2,4H,1,3,5H2. The molecule has 0 amide bonds. The minimum atomic E-state index is -1.69. The smallest absolute Gasteiger partial charge is 0.430 e. The summed E-state index contributed by atoms with van der Waals surface area (Å²) in [5, 5.41) is 2.12. The van der Waals surface area contributed by atoms with Gasteiger partial charge in [-0.25, -0.2) is 9.78 Å². The molecule has 9 heteroatoms. The van der Waals surface area contributed by atoms with E-state index < -0.39 is 16.6 Å². The van der Waals surface area contributed by atoms with Crippen molar-refractivity contribution in [2.24, 2.45) is 0 Å². The summed E-state index contributed by atoms with van der Waals surface area (Å²) in [7, 11) is 0. The van der Waals surface area contributed by atoms with Crippen molar-refractivity contribution >= 4 is 64.2 Å². The van der Waals surface area contributed by atoms with E-state index in [0.29, 0.717) is 17.0 Å². The molecule has 0 unspecified atom stereocenters. The third kappa shape index (κ3) is 6.24. The number of carbonyl (C=O) groups is 2. The molecule has 1 aromatic rings. The first-order valence-corrected chi connectivity index (χ1v) is 6.78. The second kappa shape index (κ2) is 7.09. The summed E-state index contributed by atoms with van der Waals surface area (Å²) in [5.74, 6) is 0. The van der Waals surface area contributed by atoms with Crippen molar-refractivity contribution in [2.45, 2.75) is 10.4 Å². The van der Waals surface area contributed by atoms with Crippen LogP contribution >= 0.6 is 46.1 Å². The second-order valence-electron chi connectivity index (χ2n) is 3.21. The van der Waals surface area contributed by atoms with Crippen molar-refractivity contribution in [1.82, 2.24) is 4.98 Å². The average Bonchev–Trinajstić information content (AvgIpc) is 2.80. The quantitative estimate of drug-likeness (QED) is 0.354. The van der Waals surface area contributed by atoms with E-state index in [1.165, 1.54) is 11.3 Å². The SMILES string of the molecule is C=C(C=O)c1csc(COC(=O)OCC(Cl)(Cl)Cl)n1. The molecule has 0 bridgehead atoms. The number of thiazole rings is 1. The van der Waals surface area contributed by atoms with Crippen LogP contribution in [0.2, 0.25) is 0 Å². The van der Waals surface area contributed by atoms with Gasteiger partial charge in [0.05, 0.1) is 5.69 Å². The molecule has 0 aromatic carbocycles. The Labute approximate surface area is 128 Å². The number of ether oxygens (including phenoxy) is 2. The zero-order valence-electron chi connectivity index (χ0n) is 9.40. The molecule has 104 valence electrons. The Bertz CT molecular complexity index is 483. The number of hydrogen-bond donors (Lipinski definition) is 0. The molecule has 0 aliphatic carbocycles. The van der Waals surface area contributed by atoms with Gasteiger partial charge in [-0.3, -0.25) is 4.79 Å². The van der Waals surface area contributed by atoms with E-state index in [9.17, 15) is 9.59 Å². The van der Waals surface area contributed by atoms with Crippen molar-refractivity contribution in [1.29, 1.82) is 0 Å². The molecule has 0 spiro atoms. The highest BCUT2D eigenvalue weighted by atomic mass is 35.6.